The number of benzene rings is 5. The Morgan fingerprint density at radius 1 is 0.333 bits per heavy atom. The Morgan fingerprint density at radius 2 is 0.817 bits per heavy atom. The van der Waals surface area contributed by atoms with Crippen LogP contribution in [0.5, 0.6) is 0 Å². The molecular weight excluding hydrogens is 734 g/mol. The molecular formula is C50H32B2N8. The lowest BCUT2D eigenvalue weighted by Crippen LogP contribution is -2.66. The summed E-state index contributed by atoms with van der Waals surface area (Å²) in [6.07, 6.45) is 7.77. The van der Waals surface area contributed by atoms with Gasteiger partial charge in [-0.2, -0.15) is 0 Å². The van der Waals surface area contributed by atoms with E-state index < -0.39 is 0 Å². The maximum absolute atomic E-state index is 5.93. The molecule has 0 aliphatic carbocycles. The second-order valence-electron chi connectivity index (χ2n) is 15.5. The quantitative estimate of drug-likeness (QED) is 0.172. The highest BCUT2D eigenvalue weighted by Gasteiger charge is 2.49. The largest absolute Gasteiger partial charge is 0.296 e. The molecule has 0 bridgehead atoms. The molecule has 4 aliphatic rings. The maximum Gasteiger partial charge on any atom is 0.258 e. The van der Waals surface area contributed by atoms with E-state index in [-0.39, 0.29) is 13.4 Å². The fourth-order valence-corrected chi connectivity index (χ4v) is 10.1. The number of hydrogen-bond donors (Lipinski definition) is 0. The van der Waals surface area contributed by atoms with E-state index in [1.807, 2.05) is 24.8 Å². The Balaban J connectivity index is 1.14. The van der Waals surface area contributed by atoms with Crippen molar-refractivity contribution >= 4 is 115 Å². The Morgan fingerprint density at radius 3 is 1.40 bits per heavy atom. The molecule has 60 heavy (non-hydrogen) atoms. The van der Waals surface area contributed by atoms with E-state index in [1.165, 1.54) is 5.46 Å². The van der Waals surface area contributed by atoms with E-state index in [4.69, 9.17) is 19.9 Å². The summed E-state index contributed by atoms with van der Waals surface area (Å²) in [5.74, 6) is 3.59. The molecule has 8 heterocycles. The van der Waals surface area contributed by atoms with E-state index in [0.717, 1.165) is 96.1 Å². The zero-order chi connectivity index (χ0) is 39.3. The topological polar surface area (TPSA) is 64.5 Å². The monoisotopic (exact) mass is 766 g/mol. The molecule has 13 rings (SSSR count). The minimum Gasteiger partial charge on any atom is -0.296 e. The molecule has 0 fully saturated rings. The number of fused-ring (bicyclic) bond motifs is 8. The molecule has 4 aliphatic heterocycles. The lowest BCUT2D eigenvalue weighted by Gasteiger charge is -2.45. The third-order valence-electron chi connectivity index (χ3n) is 12.4. The van der Waals surface area contributed by atoms with Crippen LogP contribution < -0.4 is 52.4 Å². The molecule has 0 N–H and O–H groups in total. The summed E-state index contributed by atoms with van der Waals surface area (Å²) in [7, 11) is 0. The van der Waals surface area contributed by atoms with E-state index in [0.29, 0.717) is 0 Å². The zero-order valence-corrected chi connectivity index (χ0v) is 32.2. The molecule has 278 valence electrons. The Bertz CT molecular complexity index is 2940. The van der Waals surface area contributed by atoms with Crippen LogP contribution in [-0.2, 0) is 0 Å². The first-order chi connectivity index (χ1) is 29.8. The van der Waals surface area contributed by atoms with Crippen molar-refractivity contribution in [3.63, 3.8) is 0 Å². The van der Waals surface area contributed by atoms with Gasteiger partial charge in [0.25, 0.3) is 13.4 Å². The number of anilines is 12. The normalized spacial score (nSPS) is 13.8. The van der Waals surface area contributed by atoms with Crippen LogP contribution in [0.3, 0.4) is 0 Å². The summed E-state index contributed by atoms with van der Waals surface area (Å²) in [6.45, 7) is -0.343. The van der Waals surface area contributed by atoms with E-state index in [1.54, 1.807) is 0 Å². The highest BCUT2D eigenvalue weighted by Crippen LogP contribution is 2.46. The molecule has 10 heteroatoms. The van der Waals surface area contributed by atoms with Crippen LogP contribution >= 0.6 is 0 Å². The summed E-state index contributed by atoms with van der Waals surface area (Å²) in [5.41, 5.74) is 15.3. The van der Waals surface area contributed by atoms with E-state index in [2.05, 4.69) is 189 Å². The number of nitrogens with zero attached hydrogens (tertiary/aromatic N) is 8. The second-order valence-corrected chi connectivity index (χ2v) is 15.5. The summed E-state index contributed by atoms with van der Waals surface area (Å²) in [4.78, 5) is 30.3. The number of hydrogen-bond acceptors (Lipinski definition) is 8. The van der Waals surface area contributed by atoms with Crippen LogP contribution in [0, 0.1) is 0 Å². The van der Waals surface area contributed by atoms with Gasteiger partial charge in [0.15, 0.2) is 0 Å². The number of aromatic nitrogens is 4. The Labute approximate surface area is 347 Å². The fraction of sp³-hybridized carbons (Fsp3) is 0. The smallest absolute Gasteiger partial charge is 0.258 e. The van der Waals surface area contributed by atoms with Crippen LogP contribution in [0.2, 0.25) is 0 Å². The van der Waals surface area contributed by atoms with Gasteiger partial charge < -0.3 is 0 Å². The van der Waals surface area contributed by atoms with Gasteiger partial charge in [0.05, 0.1) is 0 Å². The first-order valence-electron chi connectivity index (χ1n) is 20.3. The number of rotatable bonds is 4. The summed E-state index contributed by atoms with van der Waals surface area (Å²) in [5, 5.41) is 0. The van der Waals surface area contributed by atoms with Gasteiger partial charge in [-0.1, -0.05) is 91.0 Å². The van der Waals surface area contributed by atoms with Gasteiger partial charge in [0.2, 0.25) is 0 Å². The first-order valence-corrected chi connectivity index (χ1v) is 20.3. The molecule has 0 unspecified atom stereocenters. The second kappa shape index (κ2) is 12.8. The molecule has 0 radical (unpaired) electrons. The van der Waals surface area contributed by atoms with Gasteiger partial charge in [0.1, 0.15) is 23.3 Å². The SMILES string of the molecule is c1ccc(N2c3cccc4c3B(c3cccnc32)c2cc3c(nc2N4c2ccccc2)N(c2ccccc2)c2ccnc4c2B3c2cnccc2N4c2ccccc2)cc1. The molecule has 9 aromatic rings. The van der Waals surface area contributed by atoms with Crippen molar-refractivity contribution in [2.75, 3.05) is 19.6 Å². The van der Waals surface area contributed by atoms with Gasteiger partial charge in [-0.15, -0.1) is 0 Å². The molecule has 5 aromatic carbocycles. The van der Waals surface area contributed by atoms with Gasteiger partial charge in [-0.05, 0) is 112 Å². The lowest BCUT2D eigenvalue weighted by molar-refractivity contribution is 1.12. The lowest BCUT2D eigenvalue weighted by atomic mass is 9.31. The van der Waals surface area contributed by atoms with Crippen LogP contribution in [0.4, 0.5) is 68.8 Å². The van der Waals surface area contributed by atoms with E-state index >= 15 is 0 Å². The van der Waals surface area contributed by atoms with E-state index in [9.17, 15) is 0 Å². The summed E-state index contributed by atoms with van der Waals surface area (Å²) in [6, 6.07) is 60.0. The maximum atomic E-state index is 5.93. The molecule has 8 nitrogen and oxygen atoms in total. The molecule has 0 spiro atoms. The average molecular weight is 766 g/mol. The number of para-hydroxylation sites is 4. The minimum absolute atomic E-state index is 0.148. The van der Waals surface area contributed by atoms with Gasteiger partial charge in [0, 0.05) is 70.3 Å². The third kappa shape index (κ3) is 4.58. The van der Waals surface area contributed by atoms with Crippen LogP contribution in [0.25, 0.3) is 0 Å². The predicted molar refractivity (Wildman–Crippen MR) is 246 cm³/mol. The van der Waals surface area contributed by atoms with Crippen molar-refractivity contribution in [1.29, 1.82) is 0 Å². The zero-order valence-electron chi connectivity index (χ0n) is 32.2. The van der Waals surface area contributed by atoms with Crippen molar-refractivity contribution in [3.05, 3.63) is 195 Å². The average Bonchev–Trinajstić information content (AvgIpc) is 3.32. The first kappa shape index (κ1) is 33.0. The van der Waals surface area contributed by atoms with Crippen molar-refractivity contribution < 1.29 is 0 Å². The van der Waals surface area contributed by atoms with Crippen molar-refractivity contribution in [3.8, 4) is 0 Å². The van der Waals surface area contributed by atoms with Gasteiger partial charge >= 0.3 is 0 Å². The standard InChI is InChI=1S/C50H32B2N8/c1-5-15-33(16-6-1)57-41-26-29-53-32-40(41)52-39-31-38-48(56-49(39)60(36-21-11-4-12-22-36)44-27-30-55-50(57)46(44)52)59(35-19-9-3-10-20-35)43-25-13-24-42-45(43)51(38)37-23-14-28-54-47(37)58(42)34-17-7-2-8-18-34/h1-32H. The molecule has 0 amide bonds. The van der Waals surface area contributed by atoms with Crippen LogP contribution in [0.15, 0.2) is 195 Å². The highest BCUT2D eigenvalue weighted by molar-refractivity contribution is 7.03. The van der Waals surface area contributed by atoms with Crippen LogP contribution in [0.1, 0.15) is 0 Å². The highest BCUT2D eigenvalue weighted by atomic mass is 15.3. The van der Waals surface area contributed by atoms with Crippen molar-refractivity contribution in [1.82, 2.24) is 19.9 Å². The van der Waals surface area contributed by atoms with Gasteiger partial charge in [-0.25, -0.2) is 15.0 Å². The predicted octanol–water partition coefficient (Wildman–Crippen LogP) is 7.43. The minimum atomic E-state index is -0.195. The van der Waals surface area contributed by atoms with Gasteiger partial charge in [-0.3, -0.25) is 24.6 Å². The molecule has 0 saturated carbocycles. The fourth-order valence-electron chi connectivity index (χ4n) is 10.1. The molecule has 0 saturated heterocycles. The molecule has 0 atom stereocenters. The molecule has 4 aromatic heterocycles. The van der Waals surface area contributed by atoms with Crippen LogP contribution in [-0.4, -0.2) is 33.4 Å². The van der Waals surface area contributed by atoms with Crippen molar-refractivity contribution in [2.24, 2.45) is 0 Å². The summed E-state index contributed by atoms with van der Waals surface area (Å²) >= 11 is 0. The Kier molecular flexibility index (Phi) is 7.03. The number of pyridine rings is 4. The Hall–Kier alpha value is -7.97. The van der Waals surface area contributed by atoms with Crippen molar-refractivity contribution in [2.45, 2.75) is 0 Å². The third-order valence-corrected chi connectivity index (χ3v) is 12.4. The summed E-state index contributed by atoms with van der Waals surface area (Å²) < 4.78 is 0.